The number of nitrogens with one attached hydrogen (secondary N) is 1. The number of fused-ring (bicyclic) bond motifs is 1. The summed E-state index contributed by atoms with van der Waals surface area (Å²) in [5.74, 6) is -0.453. The van der Waals surface area contributed by atoms with Crippen LogP contribution in [-0.4, -0.2) is 35.1 Å². The molecule has 0 unspecified atom stereocenters. The number of pyridine rings is 1. The number of nitrogens with zero attached hydrogens (tertiary/aromatic N) is 1. The first-order valence-corrected chi connectivity index (χ1v) is 9.07. The Morgan fingerprint density at radius 1 is 1.11 bits per heavy atom. The Labute approximate surface area is 163 Å². The van der Waals surface area contributed by atoms with Crippen LogP contribution in [0.15, 0.2) is 54.6 Å². The molecule has 0 atom stereocenters. The average molecular weight is 378 g/mol. The lowest BCUT2D eigenvalue weighted by atomic mass is 10.0. The number of phenolic OH excluding ortho intramolecular Hbond substituents is 1. The van der Waals surface area contributed by atoms with E-state index in [1.54, 1.807) is 36.4 Å². The van der Waals surface area contributed by atoms with Crippen molar-refractivity contribution in [2.24, 2.45) is 5.92 Å². The molecule has 0 spiro atoms. The first kappa shape index (κ1) is 19.4. The highest BCUT2D eigenvalue weighted by atomic mass is 16.5. The molecule has 0 fully saturated rings. The van der Waals surface area contributed by atoms with E-state index in [-0.39, 0.29) is 18.3 Å². The Balaban J connectivity index is 1.87. The van der Waals surface area contributed by atoms with Crippen LogP contribution < -0.4 is 5.32 Å². The van der Waals surface area contributed by atoms with Crippen molar-refractivity contribution in [1.29, 1.82) is 0 Å². The Morgan fingerprint density at radius 2 is 1.82 bits per heavy atom. The van der Waals surface area contributed by atoms with Crippen molar-refractivity contribution in [2.75, 3.05) is 13.2 Å². The summed E-state index contributed by atoms with van der Waals surface area (Å²) in [6, 6.07) is 15.5. The fourth-order valence-electron chi connectivity index (χ4n) is 2.70. The number of hydrogen-bond acceptors (Lipinski definition) is 5. The van der Waals surface area contributed by atoms with Gasteiger partial charge in [-0.15, -0.1) is 0 Å². The lowest BCUT2D eigenvalue weighted by Crippen LogP contribution is -2.31. The topological polar surface area (TPSA) is 88.5 Å². The number of hydrogen-bond donors (Lipinski definition) is 2. The van der Waals surface area contributed by atoms with E-state index in [0.717, 1.165) is 5.56 Å². The molecule has 1 heterocycles. The van der Waals surface area contributed by atoms with Crippen molar-refractivity contribution in [1.82, 2.24) is 10.3 Å². The van der Waals surface area contributed by atoms with E-state index in [1.165, 1.54) is 0 Å². The molecule has 0 aliphatic rings. The van der Waals surface area contributed by atoms with Crippen molar-refractivity contribution in [2.45, 2.75) is 13.8 Å². The van der Waals surface area contributed by atoms with E-state index in [2.05, 4.69) is 10.3 Å². The molecule has 0 aliphatic heterocycles. The molecular formula is C22H22N2O4. The van der Waals surface area contributed by atoms with Crippen LogP contribution in [0.5, 0.6) is 5.75 Å². The minimum absolute atomic E-state index is 0.150. The third-order valence-electron chi connectivity index (χ3n) is 4.14. The Hall–Kier alpha value is -3.41. The van der Waals surface area contributed by atoms with Gasteiger partial charge in [-0.3, -0.25) is 4.79 Å². The highest BCUT2D eigenvalue weighted by Gasteiger charge is 2.16. The van der Waals surface area contributed by atoms with E-state index >= 15 is 0 Å². The number of amides is 1. The predicted octanol–water partition coefficient (Wildman–Crippen LogP) is 3.54. The van der Waals surface area contributed by atoms with Gasteiger partial charge in [-0.1, -0.05) is 32.0 Å². The SMILES string of the molecule is CC(C)CNC(=O)COC(=O)c1cc(-c2ccc(O)cc2)nc2ccccc12. The van der Waals surface area contributed by atoms with Crippen LogP contribution in [0.4, 0.5) is 0 Å². The third kappa shape index (κ3) is 4.65. The molecule has 0 saturated heterocycles. The molecule has 3 rings (SSSR count). The standard InChI is InChI=1S/C22H22N2O4/c1-14(2)12-23-21(26)13-28-22(27)18-11-20(15-7-9-16(25)10-8-15)24-19-6-4-3-5-17(18)19/h3-11,14,25H,12-13H2,1-2H3,(H,23,26). The van der Waals surface area contributed by atoms with Crippen LogP contribution in [0.2, 0.25) is 0 Å². The molecule has 6 nitrogen and oxygen atoms in total. The summed E-state index contributed by atoms with van der Waals surface area (Å²) in [5, 5.41) is 12.9. The maximum Gasteiger partial charge on any atom is 0.339 e. The summed E-state index contributed by atoms with van der Waals surface area (Å²) in [5.41, 5.74) is 2.32. The summed E-state index contributed by atoms with van der Waals surface area (Å²) in [7, 11) is 0. The third-order valence-corrected chi connectivity index (χ3v) is 4.14. The fourth-order valence-corrected chi connectivity index (χ4v) is 2.70. The molecule has 2 N–H and O–H groups in total. The van der Waals surface area contributed by atoms with Gasteiger partial charge in [0.25, 0.3) is 5.91 Å². The highest BCUT2D eigenvalue weighted by molar-refractivity contribution is 6.05. The normalized spacial score (nSPS) is 10.8. The number of aromatic hydroxyl groups is 1. The molecule has 0 saturated carbocycles. The minimum atomic E-state index is -0.585. The molecule has 0 aliphatic carbocycles. The van der Waals surface area contributed by atoms with Crippen molar-refractivity contribution in [3.63, 3.8) is 0 Å². The first-order valence-electron chi connectivity index (χ1n) is 9.07. The second-order valence-corrected chi connectivity index (χ2v) is 6.89. The van der Waals surface area contributed by atoms with Gasteiger partial charge in [-0.2, -0.15) is 0 Å². The molecule has 0 bridgehead atoms. The lowest BCUT2D eigenvalue weighted by molar-refractivity contribution is -0.124. The summed E-state index contributed by atoms with van der Waals surface area (Å²) >= 11 is 0. The predicted molar refractivity (Wildman–Crippen MR) is 107 cm³/mol. The van der Waals surface area contributed by atoms with Crippen LogP contribution in [0.25, 0.3) is 22.2 Å². The van der Waals surface area contributed by atoms with Crippen molar-refractivity contribution in [3.05, 3.63) is 60.2 Å². The van der Waals surface area contributed by atoms with Crippen LogP contribution >= 0.6 is 0 Å². The highest BCUT2D eigenvalue weighted by Crippen LogP contribution is 2.26. The zero-order valence-electron chi connectivity index (χ0n) is 15.8. The van der Waals surface area contributed by atoms with Gasteiger partial charge in [0.1, 0.15) is 5.75 Å². The maximum absolute atomic E-state index is 12.7. The van der Waals surface area contributed by atoms with Gasteiger partial charge in [0.15, 0.2) is 6.61 Å². The fraction of sp³-hybridized carbons (Fsp3) is 0.227. The van der Waals surface area contributed by atoms with E-state index in [1.807, 2.05) is 32.0 Å². The smallest absolute Gasteiger partial charge is 0.339 e. The van der Waals surface area contributed by atoms with Gasteiger partial charge in [-0.05, 0) is 42.3 Å². The molecule has 3 aromatic rings. The number of aromatic nitrogens is 1. The van der Waals surface area contributed by atoms with Crippen LogP contribution in [0, 0.1) is 5.92 Å². The van der Waals surface area contributed by atoms with Crippen LogP contribution in [-0.2, 0) is 9.53 Å². The van der Waals surface area contributed by atoms with Crippen LogP contribution in [0.1, 0.15) is 24.2 Å². The van der Waals surface area contributed by atoms with E-state index in [9.17, 15) is 14.7 Å². The minimum Gasteiger partial charge on any atom is -0.508 e. The lowest BCUT2D eigenvalue weighted by Gasteiger charge is -2.11. The zero-order valence-corrected chi connectivity index (χ0v) is 15.8. The number of para-hydroxylation sites is 1. The molecule has 6 heteroatoms. The molecule has 1 amide bonds. The van der Waals surface area contributed by atoms with E-state index in [4.69, 9.17) is 4.74 Å². The molecular weight excluding hydrogens is 356 g/mol. The number of esters is 1. The number of carbonyl (C=O) groups excluding carboxylic acids is 2. The Kier molecular flexibility index (Phi) is 5.89. The quantitative estimate of drug-likeness (QED) is 0.641. The summed E-state index contributed by atoms with van der Waals surface area (Å²) in [4.78, 5) is 29.1. The summed E-state index contributed by atoms with van der Waals surface area (Å²) in [6.45, 7) is 4.16. The van der Waals surface area contributed by atoms with Gasteiger partial charge in [-0.25, -0.2) is 9.78 Å². The molecule has 0 radical (unpaired) electrons. The first-order chi connectivity index (χ1) is 13.4. The molecule has 28 heavy (non-hydrogen) atoms. The average Bonchev–Trinajstić information content (AvgIpc) is 2.70. The number of carbonyl (C=O) groups is 2. The largest absolute Gasteiger partial charge is 0.508 e. The van der Waals surface area contributed by atoms with E-state index < -0.39 is 5.97 Å². The van der Waals surface area contributed by atoms with E-state index in [0.29, 0.717) is 34.6 Å². The van der Waals surface area contributed by atoms with Crippen molar-refractivity contribution >= 4 is 22.8 Å². The van der Waals surface area contributed by atoms with Gasteiger partial charge >= 0.3 is 5.97 Å². The number of benzene rings is 2. The number of rotatable bonds is 6. The molecule has 144 valence electrons. The maximum atomic E-state index is 12.7. The molecule has 2 aromatic carbocycles. The van der Waals surface area contributed by atoms with Crippen molar-refractivity contribution < 1.29 is 19.4 Å². The van der Waals surface area contributed by atoms with Gasteiger partial charge in [0.05, 0.1) is 16.8 Å². The Morgan fingerprint density at radius 3 is 2.54 bits per heavy atom. The Bertz CT molecular complexity index is 997. The monoisotopic (exact) mass is 378 g/mol. The second-order valence-electron chi connectivity index (χ2n) is 6.89. The van der Waals surface area contributed by atoms with Gasteiger partial charge in [0, 0.05) is 17.5 Å². The van der Waals surface area contributed by atoms with Crippen molar-refractivity contribution in [3.8, 4) is 17.0 Å². The van der Waals surface area contributed by atoms with Crippen LogP contribution in [0.3, 0.4) is 0 Å². The zero-order chi connectivity index (χ0) is 20.1. The number of ether oxygens (including phenoxy) is 1. The second kappa shape index (κ2) is 8.52. The van der Waals surface area contributed by atoms with Gasteiger partial charge in [0.2, 0.25) is 0 Å². The molecule has 1 aromatic heterocycles. The number of phenols is 1. The van der Waals surface area contributed by atoms with Gasteiger partial charge < -0.3 is 15.2 Å². The summed E-state index contributed by atoms with van der Waals surface area (Å²) < 4.78 is 5.22. The summed E-state index contributed by atoms with van der Waals surface area (Å²) in [6.07, 6.45) is 0.